The topological polar surface area (TPSA) is 71.3 Å². The van der Waals surface area contributed by atoms with Crippen LogP contribution in [0.2, 0.25) is 0 Å². The van der Waals surface area contributed by atoms with Gasteiger partial charge in [0.15, 0.2) is 0 Å². The molecule has 21 heavy (non-hydrogen) atoms. The maximum Gasteiger partial charge on any atom is 0.277 e. The van der Waals surface area contributed by atoms with E-state index in [1.165, 1.54) is 0 Å². The molecule has 0 amide bonds. The normalized spacial score (nSPS) is 22.5. The van der Waals surface area contributed by atoms with Crippen molar-refractivity contribution in [3.05, 3.63) is 40.7 Å². The zero-order valence-electron chi connectivity index (χ0n) is 12.1. The third kappa shape index (κ3) is 2.54. The summed E-state index contributed by atoms with van der Waals surface area (Å²) >= 11 is 0. The molecule has 1 aliphatic heterocycles. The molecule has 110 valence electrons. The van der Waals surface area contributed by atoms with Crippen LogP contribution >= 0.6 is 0 Å². The molecule has 0 radical (unpaired) electrons. The Hall–Kier alpha value is -2.21. The second-order valence-electron chi connectivity index (χ2n) is 5.66. The highest BCUT2D eigenvalue weighted by Crippen LogP contribution is 2.33. The zero-order chi connectivity index (χ0) is 15.0. The van der Waals surface area contributed by atoms with Gasteiger partial charge in [-0.3, -0.25) is 15.1 Å². The molecule has 2 atom stereocenters. The average Bonchev–Trinajstić information content (AvgIpc) is 2.44. The first-order valence-electron chi connectivity index (χ1n) is 7.08. The molecular weight excluding hydrogens is 268 g/mol. The van der Waals surface area contributed by atoms with Gasteiger partial charge in [-0.2, -0.15) is 0 Å². The molecule has 6 heteroatoms. The summed E-state index contributed by atoms with van der Waals surface area (Å²) in [6.07, 6.45) is 3.32. The first kappa shape index (κ1) is 13.8. The quantitative estimate of drug-likeness (QED) is 0.677. The number of non-ortho nitro benzene ring substituents is 1. The Balaban J connectivity index is 2.11. The Morgan fingerprint density at radius 1 is 1.24 bits per heavy atom. The van der Waals surface area contributed by atoms with Crippen LogP contribution < -0.4 is 10.2 Å². The van der Waals surface area contributed by atoms with Crippen molar-refractivity contribution in [1.29, 1.82) is 0 Å². The van der Waals surface area contributed by atoms with Crippen LogP contribution in [0, 0.1) is 10.1 Å². The third-order valence-electron chi connectivity index (χ3n) is 3.87. The standard InChI is InChI=1S/C15H18N4O2/c1-10-8-18(9-11(2)17-10)14-3-4-15(19(20)21)12-5-6-16-7-13(12)14/h3-7,10-11,17H,8-9H2,1-2H3. The van der Waals surface area contributed by atoms with Crippen LogP contribution in [0.3, 0.4) is 0 Å². The smallest absolute Gasteiger partial charge is 0.277 e. The van der Waals surface area contributed by atoms with E-state index in [9.17, 15) is 10.1 Å². The summed E-state index contributed by atoms with van der Waals surface area (Å²) in [7, 11) is 0. The molecule has 1 aromatic carbocycles. The zero-order valence-corrected chi connectivity index (χ0v) is 12.1. The lowest BCUT2D eigenvalue weighted by molar-refractivity contribution is -0.383. The molecular formula is C15H18N4O2. The second kappa shape index (κ2) is 5.29. The molecule has 2 heterocycles. The highest BCUT2D eigenvalue weighted by Gasteiger charge is 2.24. The number of piperazine rings is 1. The third-order valence-corrected chi connectivity index (χ3v) is 3.87. The van der Waals surface area contributed by atoms with Crippen LogP contribution in [0.25, 0.3) is 10.8 Å². The van der Waals surface area contributed by atoms with E-state index in [1.54, 1.807) is 24.5 Å². The molecule has 0 spiro atoms. The fourth-order valence-corrected chi connectivity index (χ4v) is 3.12. The van der Waals surface area contributed by atoms with Gasteiger partial charge in [0.1, 0.15) is 0 Å². The molecule has 0 saturated carbocycles. The van der Waals surface area contributed by atoms with Crippen LogP contribution in [-0.2, 0) is 0 Å². The van der Waals surface area contributed by atoms with Gasteiger partial charge in [0, 0.05) is 54.7 Å². The van der Waals surface area contributed by atoms with Gasteiger partial charge >= 0.3 is 0 Å². The average molecular weight is 286 g/mol. The minimum atomic E-state index is -0.338. The maximum atomic E-state index is 11.2. The lowest BCUT2D eigenvalue weighted by Crippen LogP contribution is -2.54. The number of anilines is 1. The number of nitro benzene ring substituents is 1. The summed E-state index contributed by atoms with van der Waals surface area (Å²) < 4.78 is 0. The van der Waals surface area contributed by atoms with Crippen molar-refractivity contribution in [3.8, 4) is 0 Å². The number of pyridine rings is 1. The molecule has 0 aliphatic carbocycles. The molecule has 0 bridgehead atoms. The van der Waals surface area contributed by atoms with Crippen LogP contribution in [0.5, 0.6) is 0 Å². The van der Waals surface area contributed by atoms with E-state index in [2.05, 4.69) is 29.0 Å². The van der Waals surface area contributed by atoms with E-state index in [0.717, 1.165) is 24.2 Å². The van der Waals surface area contributed by atoms with Gasteiger partial charge in [0.25, 0.3) is 5.69 Å². The van der Waals surface area contributed by atoms with E-state index >= 15 is 0 Å². The number of aromatic nitrogens is 1. The van der Waals surface area contributed by atoms with Gasteiger partial charge in [-0.25, -0.2) is 0 Å². The highest BCUT2D eigenvalue weighted by molar-refractivity contribution is 5.99. The summed E-state index contributed by atoms with van der Waals surface area (Å²) in [5, 5.41) is 16.1. The molecule has 1 aliphatic rings. The lowest BCUT2D eigenvalue weighted by Gasteiger charge is -2.38. The van der Waals surface area contributed by atoms with Crippen molar-refractivity contribution in [2.75, 3.05) is 18.0 Å². The lowest BCUT2D eigenvalue weighted by atomic mass is 10.1. The van der Waals surface area contributed by atoms with Crippen LogP contribution in [0.15, 0.2) is 30.6 Å². The SMILES string of the molecule is CC1CN(c2ccc([N+](=O)[O-])c3ccncc23)CC(C)N1. The number of benzene rings is 1. The summed E-state index contributed by atoms with van der Waals surface area (Å²) in [6.45, 7) is 6.06. The molecule has 6 nitrogen and oxygen atoms in total. The highest BCUT2D eigenvalue weighted by atomic mass is 16.6. The Morgan fingerprint density at radius 3 is 2.62 bits per heavy atom. The number of nitrogens with one attached hydrogen (secondary N) is 1. The Bertz CT molecular complexity index is 678. The van der Waals surface area contributed by atoms with E-state index < -0.39 is 0 Å². The predicted molar refractivity (Wildman–Crippen MR) is 82.7 cm³/mol. The van der Waals surface area contributed by atoms with Crippen molar-refractivity contribution >= 4 is 22.1 Å². The first-order chi connectivity index (χ1) is 10.1. The Morgan fingerprint density at radius 2 is 1.95 bits per heavy atom. The van der Waals surface area contributed by atoms with E-state index in [-0.39, 0.29) is 10.6 Å². The maximum absolute atomic E-state index is 11.2. The molecule has 2 aromatic rings. The van der Waals surface area contributed by atoms with Gasteiger partial charge in [-0.05, 0) is 26.0 Å². The number of hydrogen-bond acceptors (Lipinski definition) is 5. The summed E-state index contributed by atoms with van der Waals surface area (Å²) in [5.74, 6) is 0. The van der Waals surface area contributed by atoms with Crippen molar-refractivity contribution in [1.82, 2.24) is 10.3 Å². The number of fused-ring (bicyclic) bond motifs is 1. The molecule has 1 aromatic heterocycles. The largest absolute Gasteiger partial charge is 0.368 e. The van der Waals surface area contributed by atoms with E-state index in [0.29, 0.717) is 17.5 Å². The monoisotopic (exact) mass is 286 g/mol. The fourth-order valence-electron chi connectivity index (χ4n) is 3.12. The van der Waals surface area contributed by atoms with Gasteiger partial charge in [0.05, 0.1) is 10.3 Å². The van der Waals surface area contributed by atoms with Crippen molar-refractivity contribution in [2.45, 2.75) is 25.9 Å². The van der Waals surface area contributed by atoms with Gasteiger partial charge < -0.3 is 10.2 Å². The van der Waals surface area contributed by atoms with Crippen molar-refractivity contribution < 1.29 is 4.92 Å². The predicted octanol–water partition coefficient (Wildman–Crippen LogP) is 2.33. The number of nitrogens with zero attached hydrogens (tertiary/aromatic N) is 3. The van der Waals surface area contributed by atoms with Gasteiger partial charge in [-0.15, -0.1) is 0 Å². The van der Waals surface area contributed by atoms with Gasteiger partial charge in [0.2, 0.25) is 0 Å². The first-order valence-corrected chi connectivity index (χ1v) is 7.08. The van der Waals surface area contributed by atoms with Crippen LogP contribution in [0.4, 0.5) is 11.4 Å². The summed E-state index contributed by atoms with van der Waals surface area (Å²) in [6, 6.07) is 5.92. The number of nitro groups is 1. The fraction of sp³-hybridized carbons (Fsp3) is 0.400. The van der Waals surface area contributed by atoms with Crippen molar-refractivity contribution in [2.24, 2.45) is 0 Å². The molecule has 2 unspecified atom stereocenters. The van der Waals surface area contributed by atoms with Crippen LogP contribution in [-0.4, -0.2) is 35.1 Å². The Kier molecular flexibility index (Phi) is 3.47. The minimum Gasteiger partial charge on any atom is -0.368 e. The van der Waals surface area contributed by atoms with Gasteiger partial charge in [-0.1, -0.05) is 0 Å². The van der Waals surface area contributed by atoms with Crippen LogP contribution in [0.1, 0.15) is 13.8 Å². The molecule has 3 rings (SSSR count). The minimum absolute atomic E-state index is 0.132. The molecule has 1 N–H and O–H groups in total. The second-order valence-corrected chi connectivity index (χ2v) is 5.66. The number of rotatable bonds is 2. The number of hydrogen-bond donors (Lipinski definition) is 1. The Labute approximate surface area is 122 Å². The summed E-state index contributed by atoms with van der Waals surface area (Å²) in [5.41, 5.74) is 1.15. The van der Waals surface area contributed by atoms with E-state index in [1.807, 2.05) is 6.07 Å². The summed E-state index contributed by atoms with van der Waals surface area (Å²) in [4.78, 5) is 17.2. The van der Waals surface area contributed by atoms with Crippen molar-refractivity contribution in [3.63, 3.8) is 0 Å². The molecule has 1 fully saturated rings. The van der Waals surface area contributed by atoms with E-state index in [4.69, 9.17) is 0 Å². The molecule has 1 saturated heterocycles.